The van der Waals surface area contributed by atoms with E-state index in [1.54, 1.807) is 12.3 Å². The molecule has 1 saturated heterocycles. The van der Waals surface area contributed by atoms with Gasteiger partial charge in [0.2, 0.25) is 5.65 Å². The van der Waals surface area contributed by atoms with Gasteiger partial charge in [0.15, 0.2) is 0 Å². The lowest BCUT2D eigenvalue weighted by Crippen LogP contribution is -2.24. The second-order valence-corrected chi connectivity index (χ2v) is 6.80. The number of nitrogens with zero attached hydrogens (tertiary/aromatic N) is 5. The summed E-state index contributed by atoms with van der Waals surface area (Å²) in [4.78, 5) is 27.8. The van der Waals surface area contributed by atoms with Gasteiger partial charge in [-0.1, -0.05) is 11.8 Å². The number of hydrogen-bond acceptors (Lipinski definition) is 6. The highest BCUT2D eigenvalue weighted by Crippen LogP contribution is 2.37. The lowest BCUT2D eigenvalue weighted by atomic mass is 9.98. The Bertz CT molecular complexity index is 1210. The Balaban J connectivity index is 1.74. The normalized spacial score (nSPS) is 15.8. The zero-order valence-corrected chi connectivity index (χ0v) is 15.7. The van der Waals surface area contributed by atoms with Gasteiger partial charge in [-0.15, -0.1) is 0 Å². The van der Waals surface area contributed by atoms with Gasteiger partial charge in [0.1, 0.15) is 24.3 Å². The molecule has 0 saturated carbocycles. The summed E-state index contributed by atoms with van der Waals surface area (Å²) in [5, 5.41) is 24.0. The molecule has 1 aromatic carbocycles. The first-order valence-corrected chi connectivity index (χ1v) is 9.19. The fraction of sp³-hybridized carbons (Fsp3) is 0.250. The predicted molar refractivity (Wildman–Crippen MR) is 104 cm³/mol. The summed E-state index contributed by atoms with van der Waals surface area (Å²) in [5.74, 6) is 4.47. The second kappa shape index (κ2) is 7.79. The maximum absolute atomic E-state index is 14.0. The van der Waals surface area contributed by atoms with Crippen LogP contribution in [0.4, 0.5) is 15.9 Å². The van der Waals surface area contributed by atoms with E-state index in [0.717, 1.165) is 12.6 Å². The standard InChI is InChI=1S/C20H16FN5O4/c21-14-7-6-13(3-1-5-19(27)28)15(11-14)16-4-2-9-24(16)18-8-10-25-20(23-18)17(12-22-25)26(29)30/h6-8,10-12,16H,2,4-5,9H2,(H,27,28). The molecule has 0 aliphatic carbocycles. The number of rotatable bonds is 4. The van der Waals surface area contributed by atoms with Gasteiger partial charge in [0.25, 0.3) is 0 Å². The SMILES string of the molecule is O=C(O)CC#Cc1ccc(F)cc1C1CCCN1c1ccn2ncc([N+](=O)[O-])c2n1. The summed E-state index contributed by atoms with van der Waals surface area (Å²) in [5.41, 5.74) is 1.11. The number of carboxylic acid groups (broad SMARTS) is 1. The number of hydrogen-bond donors (Lipinski definition) is 1. The van der Waals surface area contributed by atoms with Crippen molar-refractivity contribution in [2.24, 2.45) is 0 Å². The van der Waals surface area contributed by atoms with Crippen LogP contribution in [0.3, 0.4) is 0 Å². The molecule has 1 N–H and O–H groups in total. The van der Waals surface area contributed by atoms with E-state index in [0.29, 0.717) is 29.9 Å². The number of aliphatic carboxylic acids is 1. The fourth-order valence-electron chi connectivity index (χ4n) is 3.64. The first-order valence-electron chi connectivity index (χ1n) is 9.19. The van der Waals surface area contributed by atoms with Crippen LogP contribution < -0.4 is 4.90 Å². The maximum atomic E-state index is 14.0. The Labute approximate surface area is 169 Å². The molecule has 152 valence electrons. The molecule has 0 bridgehead atoms. The van der Waals surface area contributed by atoms with E-state index in [1.807, 2.05) is 4.90 Å². The number of benzene rings is 1. The van der Waals surface area contributed by atoms with Gasteiger partial charge in [-0.3, -0.25) is 14.9 Å². The monoisotopic (exact) mass is 409 g/mol. The van der Waals surface area contributed by atoms with Crippen LogP contribution in [0, 0.1) is 27.8 Å². The molecule has 10 heteroatoms. The van der Waals surface area contributed by atoms with Gasteiger partial charge in [0.05, 0.1) is 11.0 Å². The molecule has 3 heterocycles. The number of anilines is 1. The lowest BCUT2D eigenvalue weighted by molar-refractivity contribution is -0.383. The van der Waals surface area contributed by atoms with Crippen LogP contribution in [0.5, 0.6) is 0 Å². The van der Waals surface area contributed by atoms with E-state index in [2.05, 4.69) is 21.9 Å². The molecule has 1 atom stereocenters. The van der Waals surface area contributed by atoms with Gasteiger partial charge < -0.3 is 10.0 Å². The Morgan fingerprint density at radius 2 is 2.23 bits per heavy atom. The molecule has 3 aromatic rings. The maximum Gasteiger partial charge on any atom is 0.333 e. The van der Waals surface area contributed by atoms with Crippen molar-refractivity contribution < 1.29 is 19.2 Å². The molecule has 1 fully saturated rings. The molecule has 30 heavy (non-hydrogen) atoms. The van der Waals surface area contributed by atoms with E-state index in [-0.39, 0.29) is 23.8 Å². The first-order chi connectivity index (χ1) is 14.4. The third-order valence-electron chi connectivity index (χ3n) is 4.91. The molecule has 2 aromatic heterocycles. The van der Waals surface area contributed by atoms with Crippen LogP contribution in [0.1, 0.15) is 36.4 Å². The predicted octanol–water partition coefficient (Wildman–Crippen LogP) is 2.94. The van der Waals surface area contributed by atoms with Gasteiger partial charge in [-0.05, 0) is 42.7 Å². The zero-order chi connectivity index (χ0) is 21.3. The number of nitro groups is 1. The van der Waals surface area contributed by atoms with Crippen LogP contribution in [0.25, 0.3) is 5.65 Å². The Morgan fingerprint density at radius 1 is 1.40 bits per heavy atom. The van der Waals surface area contributed by atoms with Crippen LogP contribution >= 0.6 is 0 Å². The van der Waals surface area contributed by atoms with Crippen LogP contribution in [0.2, 0.25) is 0 Å². The van der Waals surface area contributed by atoms with E-state index < -0.39 is 16.7 Å². The molecular formula is C20H16FN5O4. The third-order valence-corrected chi connectivity index (χ3v) is 4.91. The second-order valence-electron chi connectivity index (χ2n) is 6.80. The van der Waals surface area contributed by atoms with Crippen LogP contribution in [-0.2, 0) is 4.79 Å². The molecule has 0 radical (unpaired) electrons. The van der Waals surface area contributed by atoms with Gasteiger partial charge in [-0.25, -0.2) is 13.9 Å². The highest BCUT2D eigenvalue weighted by molar-refractivity contribution is 5.70. The van der Waals surface area contributed by atoms with Crippen molar-refractivity contribution in [1.29, 1.82) is 0 Å². The van der Waals surface area contributed by atoms with E-state index >= 15 is 0 Å². The van der Waals surface area contributed by atoms with E-state index in [1.165, 1.54) is 22.7 Å². The van der Waals surface area contributed by atoms with Crippen molar-refractivity contribution >= 4 is 23.1 Å². The lowest BCUT2D eigenvalue weighted by Gasteiger charge is -2.27. The molecule has 4 rings (SSSR count). The zero-order valence-electron chi connectivity index (χ0n) is 15.7. The topological polar surface area (TPSA) is 114 Å². The largest absolute Gasteiger partial charge is 0.481 e. The van der Waals surface area contributed by atoms with Crippen molar-refractivity contribution in [3.63, 3.8) is 0 Å². The first kappa shape index (κ1) is 19.3. The quantitative estimate of drug-likeness (QED) is 0.400. The minimum atomic E-state index is -1.03. The van der Waals surface area contributed by atoms with Crippen molar-refractivity contribution in [3.05, 3.63) is 63.7 Å². The molecule has 0 spiro atoms. The number of carbonyl (C=O) groups is 1. The van der Waals surface area contributed by atoms with Crippen molar-refractivity contribution in [2.45, 2.75) is 25.3 Å². The molecule has 0 amide bonds. The molecule has 9 nitrogen and oxygen atoms in total. The minimum Gasteiger partial charge on any atom is -0.481 e. The highest BCUT2D eigenvalue weighted by Gasteiger charge is 2.30. The van der Waals surface area contributed by atoms with E-state index in [4.69, 9.17) is 5.11 Å². The number of fused-ring (bicyclic) bond motifs is 1. The average molecular weight is 409 g/mol. The average Bonchev–Trinajstić information content (AvgIpc) is 3.35. The molecule has 1 aliphatic heterocycles. The van der Waals surface area contributed by atoms with Crippen LogP contribution in [-0.4, -0.2) is 37.1 Å². The van der Waals surface area contributed by atoms with Crippen molar-refractivity contribution in [2.75, 3.05) is 11.4 Å². The Morgan fingerprint density at radius 3 is 3.00 bits per heavy atom. The summed E-state index contributed by atoms with van der Waals surface area (Å²) in [6.45, 7) is 0.633. The smallest absolute Gasteiger partial charge is 0.333 e. The van der Waals surface area contributed by atoms with Crippen molar-refractivity contribution in [1.82, 2.24) is 14.6 Å². The number of aromatic nitrogens is 3. The van der Waals surface area contributed by atoms with Gasteiger partial charge in [0, 0.05) is 18.3 Å². The molecule has 1 aliphatic rings. The molecular weight excluding hydrogens is 393 g/mol. The minimum absolute atomic E-state index is 0.129. The summed E-state index contributed by atoms with van der Waals surface area (Å²) in [7, 11) is 0. The third kappa shape index (κ3) is 3.65. The molecule has 1 unspecified atom stereocenters. The Kier molecular flexibility index (Phi) is 5.02. The van der Waals surface area contributed by atoms with Crippen molar-refractivity contribution in [3.8, 4) is 11.8 Å². The van der Waals surface area contributed by atoms with E-state index in [9.17, 15) is 19.3 Å². The summed E-state index contributed by atoms with van der Waals surface area (Å²) in [6.07, 6.45) is 3.96. The fourth-order valence-corrected chi connectivity index (χ4v) is 3.64. The summed E-state index contributed by atoms with van der Waals surface area (Å²) in [6, 6.07) is 5.68. The number of halogens is 1. The van der Waals surface area contributed by atoms with Gasteiger partial charge >= 0.3 is 11.7 Å². The Hall–Kier alpha value is -4.00. The summed E-state index contributed by atoms with van der Waals surface area (Å²) >= 11 is 0. The number of carboxylic acids is 1. The highest BCUT2D eigenvalue weighted by atomic mass is 19.1. The van der Waals surface area contributed by atoms with Crippen LogP contribution in [0.15, 0.2) is 36.7 Å². The van der Waals surface area contributed by atoms with Gasteiger partial charge in [-0.2, -0.15) is 5.10 Å². The summed E-state index contributed by atoms with van der Waals surface area (Å²) < 4.78 is 15.4.